The minimum absolute atomic E-state index is 0.0618. The number of hydrogen-bond donors (Lipinski definition) is 2. The minimum atomic E-state index is -0.608. The zero-order valence-corrected chi connectivity index (χ0v) is 37.5. The van der Waals surface area contributed by atoms with E-state index in [9.17, 15) is 14.4 Å². The second kappa shape index (κ2) is 21.1. The van der Waals surface area contributed by atoms with E-state index in [2.05, 4.69) is 43.5 Å². The molecule has 7 aromatic rings. The van der Waals surface area contributed by atoms with Gasteiger partial charge in [0.15, 0.2) is 0 Å². The molecule has 9 rings (SSSR count). The number of nitrogens with zero attached hydrogens (tertiary/aromatic N) is 5. The second-order valence-electron chi connectivity index (χ2n) is 16.1. The van der Waals surface area contributed by atoms with E-state index in [0.717, 1.165) is 60.2 Å². The molecule has 0 radical (unpaired) electrons. The number of H-pyrrole nitrogens is 1. The Kier molecular flexibility index (Phi) is 14.2. The molecule has 2 aliphatic rings. The van der Waals surface area contributed by atoms with Crippen molar-refractivity contribution >= 4 is 50.9 Å². The number of hydrogen-bond acceptors (Lipinski definition) is 12. The van der Waals surface area contributed by atoms with Crippen molar-refractivity contribution in [3.05, 3.63) is 125 Å². The fourth-order valence-corrected chi connectivity index (χ4v) is 9.21. The lowest BCUT2D eigenvalue weighted by atomic mass is 10.1. The highest BCUT2D eigenvalue weighted by Crippen LogP contribution is 2.33. The summed E-state index contributed by atoms with van der Waals surface area (Å²) in [5.41, 5.74) is 10.2. The molecule has 66 heavy (non-hydrogen) atoms. The smallest absolute Gasteiger partial charge is 0.254 e. The summed E-state index contributed by atoms with van der Waals surface area (Å²) in [6, 6.07) is 24.8. The number of ether oxygens (including phenoxy) is 5. The lowest BCUT2D eigenvalue weighted by Crippen LogP contribution is -2.48. The molecule has 0 unspecified atom stereocenters. The number of carbonyl (C=O) groups is 3. The van der Waals surface area contributed by atoms with Crippen molar-refractivity contribution in [1.82, 2.24) is 35.1 Å². The van der Waals surface area contributed by atoms with Gasteiger partial charge in [0, 0.05) is 82.8 Å². The number of fused-ring (bicyclic) bond motifs is 4. The van der Waals surface area contributed by atoms with Crippen LogP contribution in [0.2, 0.25) is 0 Å². The normalized spacial score (nSPS) is 14.6. The van der Waals surface area contributed by atoms with Gasteiger partial charge in [-0.25, -0.2) is 9.97 Å². The number of carbonyl (C=O) groups excluding carboxylic acids is 3. The van der Waals surface area contributed by atoms with E-state index in [1.807, 2.05) is 79.4 Å². The number of likely N-dealkylation sites (tertiary alicyclic amines) is 1. The molecule has 4 aromatic heterocycles. The van der Waals surface area contributed by atoms with E-state index in [1.54, 1.807) is 33.4 Å². The Morgan fingerprint density at radius 1 is 0.803 bits per heavy atom. The number of aromatic amines is 1. The van der Waals surface area contributed by atoms with Crippen molar-refractivity contribution < 1.29 is 38.1 Å². The van der Waals surface area contributed by atoms with E-state index in [-0.39, 0.29) is 37.4 Å². The highest BCUT2D eigenvalue weighted by atomic mass is 32.1. The topological polar surface area (TPSA) is 170 Å². The molecular weight excluding hydrogens is 859 g/mol. The van der Waals surface area contributed by atoms with Crippen molar-refractivity contribution in [1.29, 1.82) is 0 Å². The summed E-state index contributed by atoms with van der Waals surface area (Å²) in [7, 11) is 0. The maximum atomic E-state index is 13.6. The summed E-state index contributed by atoms with van der Waals surface area (Å²) < 4.78 is 29.2. The molecule has 0 aliphatic carbocycles. The van der Waals surface area contributed by atoms with Gasteiger partial charge >= 0.3 is 0 Å². The van der Waals surface area contributed by atoms with Crippen LogP contribution in [0.5, 0.6) is 11.6 Å². The number of rotatable bonds is 21. The predicted octanol–water partition coefficient (Wildman–Crippen LogP) is 6.98. The molecule has 0 saturated carbocycles. The first-order valence-corrected chi connectivity index (χ1v) is 23.1. The maximum Gasteiger partial charge on any atom is 0.254 e. The number of thiazole rings is 1. The quantitative estimate of drug-likeness (QED) is 0.0714. The third-order valence-electron chi connectivity index (χ3n) is 11.8. The summed E-state index contributed by atoms with van der Waals surface area (Å²) in [6.07, 6.45) is 6.74. The summed E-state index contributed by atoms with van der Waals surface area (Å²) in [5, 5.41) is 5.29. The first-order valence-electron chi connectivity index (χ1n) is 22.2. The summed E-state index contributed by atoms with van der Waals surface area (Å²) in [6.45, 7) is 6.00. The molecule has 15 nitrogen and oxygen atoms in total. The van der Waals surface area contributed by atoms with E-state index >= 15 is 0 Å². The molecule has 1 saturated heterocycles. The molecule has 2 N–H and O–H groups in total. The van der Waals surface area contributed by atoms with Crippen LogP contribution < -0.4 is 14.8 Å². The lowest BCUT2D eigenvalue weighted by molar-refractivity contribution is -0.139. The lowest BCUT2D eigenvalue weighted by Gasteiger charge is -2.26. The van der Waals surface area contributed by atoms with Gasteiger partial charge in [-0.05, 0) is 66.8 Å². The van der Waals surface area contributed by atoms with Gasteiger partial charge in [-0.3, -0.25) is 19.4 Å². The standard InChI is InChI=1S/C50H51N7O8S/c1-33-48(66-32-54-33)35-8-9-37(28-53-49(59)44-7-4-16-57(44)47(58)31-56-30-38-5-2-3-6-39(38)50(56)60)45(26-35)64-23-21-62-19-17-61-18-20-63-22-24-65-46-13-11-36(27-52-46)34-10-12-40-41-29-51-15-14-42(41)55-43(40)25-34/h2-3,5-6,8-15,25-27,29,32,44,55H,4,7,16-24,28,30-31H2,1H3,(H,53,59)/t44-/m0/s1. The van der Waals surface area contributed by atoms with Gasteiger partial charge in [0.1, 0.15) is 31.5 Å². The zero-order valence-electron chi connectivity index (χ0n) is 36.7. The van der Waals surface area contributed by atoms with Crippen molar-refractivity contribution in [3.63, 3.8) is 0 Å². The molecule has 6 heterocycles. The van der Waals surface area contributed by atoms with Gasteiger partial charge in [0.05, 0.1) is 55.7 Å². The van der Waals surface area contributed by atoms with E-state index in [4.69, 9.17) is 23.7 Å². The molecule has 3 amide bonds. The van der Waals surface area contributed by atoms with E-state index < -0.39 is 6.04 Å². The third-order valence-corrected chi connectivity index (χ3v) is 12.8. The fourth-order valence-electron chi connectivity index (χ4n) is 8.41. The number of pyridine rings is 2. The Hall–Kier alpha value is -6.72. The van der Waals surface area contributed by atoms with E-state index in [1.165, 1.54) is 0 Å². The molecule has 2 aliphatic heterocycles. The van der Waals surface area contributed by atoms with Gasteiger partial charge in [0.2, 0.25) is 17.7 Å². The highest BCUT2D eigenvalue weighted by molar-refractivity contribution is 7.13. The molecule has 3 aromatic carbocycles. The van der Waals surface area contributed by atoms with Crippen LogP contribution >= 0.6 is 11.3 Å². The van der Waals surface area contributed by atoms with Gasteiger partial charge in [-0.2, -0.15) is 0 Å². The van der Waals surface area contributed by atoms with Crippen LogP contribution in [0, 0.1) is 6.92 Å². The SMILES string of the molecule is Cc1ncsc1-c1ccc(CNC(=O)[C@@H]2CCCN2C(=O)CN2Cc3ccccc3C2=O)c(OCCOCCOCCOCCOc2ccc(-c3ccc4c(c3)[nH]c3ccncc34)cn2)c1. The average molecular weight is 910 g/mol. The molecule has 1 fully saturated rings. The highest BCUT2D eigenvalue weighted by Gasteiger charge is 2.36. The Balaban J connectivity index is 0.665. The van der Waals surface area contributed by atoms with Crippen LogP contribution in [0.25, 0.3) is 43.4 Å². The Morgan fingerprint density at radius 3 is 2.35 bits per heavy atom. The molecule has 340 valence electrons. The summed E-state index contributed by atoms with van der Waals surface area (Å²) >= 11 is 1.55. The molecular formula is C50H51N7O8S. The molecule has 0 bridgehead atoms. The Labute approximate surface area is 386 Å². The maximum absolute atomic E-state index is 13.6. The fraction of sp³-hybridized carbons (Fsp3) is 0.320. The van der Waals surface area contributed by atoms with Crippen molar-refractivity contribution in [2.75, 3.05) is 65.9 Å². The summed E-state index contributed by atoms with van der Waals surface area (Å²) in [4.78, 5) is 60.7. The molecule has 1 atom stereocenters. The van der Waals surface area contributed by atoms with Crippen molar-refractivity contribution in [3.8, 4) is 33.2 Å². The van der Waals surface area contributed by atoms with Crippen molar-refractivity contribution in [2.45, 2.75) is 38.9 Å². The zero-order chi connectivity index (χ0) is 45.2. The molecule has 0 spiro atoms. The van der Waals surface area contributed by atoms with Gasteiger partial charge < -0.3 is 43.8 Å². The van der Waals surface area contributed by atoms with Crippen molar-refractivity contribution in [2.24, 2.45) is 0 Å². The molecule has 16 heteroatoms. The number of aryl methyl sites for hydroxylation is 1. The van der Waals surface area contributed by atoms with Crippen LogP contribution in [0.1, 0.15) is 40.0 Å². The third kappa shape index (κ3) is 10.4. The van der Waals surface area contributed by atoms with Crippen LogP contribution in [0.4, 0.5) is 0 Å². The second-order valence-corrected chi connectivity index (χ2v) is 17.0. The van der Waals surface area contributed by atoms with Gasteiger partial charge in [0.25, 0.3) is 5.91 Å². The Bertz CT molecular complexity index is 2810. The van der Waals surface area contributed by atoms with Crippen LogP contribution in [-0.2, 0) is 36.9 Å². The average Bonchev–Trinajstić information content (AvgIpc) is 4.16. The van der Waals surface area contributed by atoms with Crippen LogP contribution in [0.15, 0.2) is 103 Å². The number of aromatic nitrogens is 4. The van der Waals surface area contributed by atoms with E-state index in [0.29, 0.717) is 89.4 Å². The predicted molar refractivity (Wildman–Crippen MR) is 250 cm³/mol. The first kappa shape index (κ1) is 44.5. The summed E-state index contributed by atoms with van der Waals surface area (Å²) in [5.74, 6) is 0.536. The first-order chi connectivity index (χ1) is 32.4. The van der Waals surface area contributed by atoms with Crippen LogP contribution in [0.3, 0.4) is 0 Å². The van der Waals surface area contributed by atoms with Gasteiger partial charge in [-0.15, -0.1) is 11.3 Å². The number of benzene rings is 3. The minimum Gasteiger partial charge on any atom is -0.491 e. The number of amides is 3. The largest absolute Gasteiger partial charge is 0.491 e. The van der Waals surface area contributed by atoms with Crippen LogP contribution in [-0.4, -0.2) is 119 Å². The Morgan fingerprint density at radius 2 is 1.58 bits per heavy atom. The number of nitrogens with one attached hydrogen (secondary N) is 2. The monoisotopic (exact) mass is 909 g/mol. The van der Waals surface area contributed by atoms with Gasteiger partial charge in [-0.1, -0.05) is 42.5 Å².